The lowest BCUT2D eigenvalue weighted by molar-refractivity contribution is 0.363. The SMILES string of the molecule is COc1ccc(N2CCN(C(=S)NC(C)(C)C)CC2)cc1. The topological polar surface area (TPSA) is 27.7 Å². The molecule has 0 saturated carbocycles. The summed E-state index contributed by atoms with van der Waals surface area (Å²) in [7, 11) is 1.69. The molecule has 21 heavy (non-hydrogen) atoms. The second kappa shape index (κ2) is 6.52. The number of thiocarbonyl (C=S) groups is 1. The zero-order valence-corrected chi connectivity index (χ0v) is 14.2. The first-order valence-corrected chi connectivity index (χ1v) is 7.76. The van der Waals surface area contributed by atoms with Crippen LogP contribution in [0.3, 0.4) is 0 Å². The third kappa shape index (κ3) is 4.49. The van der Waals surface area contributed by atoms with Crippen LogP contribution in [0.25, 0.3) is 0 Å². The number of ether oxygens (including phenoxy) is 1. The van der Waals surface area contributed by atoms with E-state index < -0.39 is 0 Å². The van der Waals surface area contributed by atoms with E-state index in [1.165, 1.54) is 5.69 Å². The molecule has 5 heteroatoms. The summed E-state index contributed by atoms with van der Waals surface area (Å²) in [6, 6.07) is 8.24. The van der Waals surface area contributed by atoms with Crippen molar-refractivity contribution in [1.29, 1.82) is 0 Å². The Kier molecular flexibility index (Phi) is 4.93. The van der Waals surface area contributed by atoms with E-state index in [4.69, 9.17) is 17.0 Å². The Bertz CT molecular complexity index is 473. The highest BCUT2D eigenvalue weighted by molar-refractivity contribution is 7.80. The van der Waals surface area contributed by atoms with Crippen molar-refractivity contribution in [1.82, 2.24) is 10.2 Å². The van der Waals surface area contributed by atoms with Crippen LogP contribution in [0.1, 0.15) is 20.8 Å². The standard InChI is InChI=1S/C16H25N3OS/c1-16(2,3)17-15(21)19-11-9-18(10-12-19)13-5-7-14(20-4)8-6-13/h5-8H,9-12H2,1-4H3,(H,17,21). The normalized spacial score (nSPS) is 15.8. The highest BCUT2D eigenvalue weighted by atomic mass is 32.1. The van der Waals surface area contributed by atoms with Crippen LogP contribution in [0.4, 0.5) is 5.69 Å². The number of anilines is 1. The van der Waals surface area contributed by atoms with E-state index in [-0.39, 0.29) is 5.54 Å². The average Bonchev–Trinajstić information content (AvgIpc) is 2.46. The van der Waals surface area contributed by atoms with Gasteiger partial charge in [0, 0.05) is 37.4 Å². The molecule has 0 aromatic heterocycles. The summed E-state index contributed by atoms with van der Waals surface area (Å²) >= 11 is 5.49. The Morgan fingerprint density at radius 1 is 1.10 bits per heavy atom. The monoisotopic (exact) mass is 307 g/mol. The largest absolute Gasteiger partial charge is 0.497 e. The lowest BCUT2D eigenvalue weighted by atomic mass is 10.1. The van der Waals surface area contributed by atoms with E-state index in [9.17, 15) is 0 Å². The Labute approximate surface area is 133 Å². The molecule has 1 aliphatic rings. The molecule has 1 aliphatic heterocycles. The molecule has 1 aromatic rings. The van der Waals surface area contributed by atoms with Gasteiger partial charge in [-0.3, -0.25) is 0 Å². The van der Waals surface area contributed by atoms with E-state index >= 15 is 0 Å². The van der Waals surface area contributed by atoms with Crippen molar-refractivity contribution in [2.24, 2.45) is 0 Å². The van der Waals surface area contributed by atoms with Crippen molar-refractivity contribution in [2.45, 2.75) is 26.3 Å². The fourth-order valence-corrected chi connectivity index (χ4v) is 2.85. The molecule has 0 amide bonds. The van der Waals surface area contributed by atoms with Gasteiger partial charge in [0.1, 0.15) is 5.75 Å². The number of hydrogen-bond acceptors (Lipinski definition) is 3. The van der Waals surface area contributed by atoms with Crippen LogP contribution in [0.5, 0.6) is 5.75 Å². The highest BCUT2D eigenvalue weighted by Gasteiger charge is 2.21. The van der Waals surface area contributed by atoms with Crippen LogP contribution in [-0.2, 0) is 0 Å². The lowest BCUT2D eigenvalue weighted by Crippen LogP contribution is -2.55. The van der Waals surface area contributed by atoms with Crippen molar-refractivity contribution < 1.29 is 4.74 Å². The fraction of sp³-hybridized carbons (Fsp3) is 0.562. The number of hydrogen-bond donors (Lipinski definition) is 1. The lowest BCUT2D eigenvalue weighted by Gasteiger charge is -2.39. The number of rotatable bonds is 2. The van der Waals surface area contributed by atoms with Gasteiger partial charge >= 0.3 is 0 Å². The van der Waals surface area contributed by atoms with Crippen LogP contribution in [0, 0.1) is 0 Å². The molecule has 0 unspecified atom stereocenters. The maximum absolute atomic E-state index is 5.49. The van der Waals surface area contributed by atoms with Gasteiger partial charge in [-0.2, -0.15) is 0 Å². The fourth-order valence-electron chi connectivity index (χ4n) is 2.36. The third-order valence-electron chi connectivity index (χ3n) is 3.49. The summed E-state index contributed by atoms with van der Waals surface area (Å²) in [5, 5.41) is 4.24. The molecule has 116 valence electrons. The van der Waals surface area contributed by atoms with E-state index in [2.05, 4.69) is 48.0 Å². The quantitative estimate of drug-likeness (QED) is 0.848. The van der Waals surface area contributed by atoms with Crippen molar-refractivity contribution >= 4 is 23.0 Å². The smallest absolute Gasteiger partial charge is 0.169 e. The van der Waals surface area contributed by atoms with Crippen LogP contribution >= 0.6 is 12.2 Å². The van der Waals surface area contributed by atoms with Crippen molar-refractivity contribution in [3.63, 3.8) is 0 Å². The number of nitrogens with zero attached hydrogens (tertiary/aromatic N) is 2. The zero-order valence-electron chi connectivity index (χ0n) is 13.3. The molecule has 1 N–H and O–H groups in total. The molecule has 4 nitrogen and oxygen atoms in total. The first kappa shape index (κ1) is 15.9. The average molecular weight is 307 g/mol. The Hall–Kier alpha value is -1.49. The number of benzene rings is 1. The Morgan fingerprint density at radius 2 is 1.67 bits per heavy atom. The summed E-state index contributed by atoms with van der Waals surface area (Å²) in [5.41, 5.74) is 1.26. The van der Waals surface area contributed by atoms with Gasteiger partial charge in [0.25, 0.3) is 0 Å². The van der Waals surface area contributed by atoms with Gasteiger partial charge in [-0.05, 0) is 57.3 Å². The van der Waals surface area contributed by atoms with Gasteiger partial charge < -0.3 is 19.9 Å². The van der Waals surface area contributed by atoms with Crippen molar-refractivity contribution in [2.75, 3.05) is 38.2 Å². The second-order valence-corrected chi connectivity index (χ2v) is 6.74. The molecule has 0 spiro atoms. The maximum atomic E-state index is 5.49. The van der Waals surface area contributed by atoms with Crippen LogP contribution < -0.4 is 15.0 Å². The third-order valence-corrected chi connectivity index (χ3v) is 3.85. The molecule has 1 heterocycles. The molecule has 0 atom stereocenters. The van der Waals surface area contributed by atoms with Gasteiger partial charge in [0.05, 0.1) is 7.11 Å². The molecule has 1 fully saturated rings. The van der Waals surface area contributed by atoms with E-state index in [0.717, 1.165) is 37.0 Å². The van der Waals surface area contributed by atoms with Gasteiger partial charge in [0.15, 0.2) is 5.11 Å². The van der Waals surface area contributed by atoms with Crippen LogP contribution in [0.2, 0.25) is 0 Å². The minimum atomic E-state index is 0.0181. The first-order chi connectivity index (χ1) is 9.89. The first-order valence-electron chi connectivity index (χ1n) is 7.35. The number of nitrogens with one attached hydrogen (secondary N) is 1. The van der Waals surface area contributed by atoms with Gasteiger partial charge in [0.2, 0.25) is 0 Å². The molecular weight excluding hydrogens is 282 g/mol. The molecule has 1 aromatic carbocycles. The van der Waals surface area contributed by atoms with Crippen molar-refractivity contribution in [3.8, 4) is 5.75 Å². The van der Waals surface area contributed by atoms with Gasteiger partial charge in [-0.15, -0.1) is 0 Å². The van der Waals surface area contributed by atoms with E-state index in [1.807, 2.05) is 12.1 Å². The molecule has 1 saturated heterocycles. The number of methoxy groups -OCH3 is 1. The summed E-state index contributed by atoms with van der Waals surface area (Å²) < 4.78 is 5.20. The summed E-state index contributed by atoms with van der Waals surface area (Å²) in [5.74, 6) is 0.896. The molecule has 0 radical (unpaired) electrons. The highest BCUT2D eigenvalue weighted by Crippen LogP contribution is 2.20. The minimum absolute atomic E-state index is 0.0181. The van der Waals surface area contributed by atoms with E-state index in [0.29, 0.717) is 0 Å². The summed E-state index contributed by atoms with van der Waals surface area (Å²) in [6.45, 7) is 10.3. The Morgan fingerprint density at radius 3 is 2.14 bits per heavy atom. The molecular formula is C16H25N3OS. The van der Waals surface area contributed by atoms with E-state index in [1.54, 1.807) is 7.11 Å². The van der Waals surface area contributed by atoms with Crippen LogP contribution in [-0.4, -0.2) is 48.8 Å². The van der Waals surface area contributed by atoms with Gasteiger partial charge in [-0.25, -0.2) is 0 Å². The predicted molar refractivity (Wildman–Crippen MR) is 92.3 cm³/mol. The van der Waals surface area contributed by atoms with Crippen molar-refractivity contribution in [3.05, 3.63) is 24.3 Å². The predicted octanol–water partition coefficient (Wildman–Crippen LogP) is 2.49. The maximum Gasteiger partial charge on any atom is 0.169 e. The molecule has 0 aliphatic carbocycles. The Balaban J connectivity index is 1.89. The van der Waals surface area contributed by atoms with Gasteiger partial charge in [-0.1, -0.05) is 0 Å². The molecule has 2 rings (SSSR count). The second-order valence-electron chi connectivity index (χ2n) is 6.35. The zero-order chi connectivity index (χ0) is 15.5. The van der Waals surface area contributed by atoms with Crippen LogP contribution in [0.15, 0.2) is 24.3 Å². The molecule has 0 bridgehead atoms. The summed E-state index contributed by atoms with van der Waals surface area (Å²) in [4.78, 5) is 4.64. The number of piperazine rings is 1. The summed E-state index contributed by atoms with van der Waals surface area (Å²) in [6.07, 6.45) is 0. The minimum Gasteiger partial charge on any atom is -0.497 e.